The number of hydrogen-bond acceptors (Lipinski definition) is 3. The van der Waals surface area contributed by atoms with Crippen molar-refractivity contribution in [2.24, 2.45) is 0 Å². The highest BCUT2D eigenvalue weighted by Gasteiger charge is 2.21. The second kappa shape index (κ2) is 6.61. The van der Waals surface area contributed by atoms with Crippen LogP contribution in [0.4, 0.5) is 4.39 Å². The van der Waals surface area contributed by atoms with Gasteiger partial charge in [0.1, 0.15) is 5.82 Å². The molecule has 5 heteroatoms. The first-order valence-electron chi connectivity index (χ1n) is 6.23. The van der Waals surface area contributed by atoms with Gasteiger partial charge in [0, 0.05) is 19.6 Å². The van der Waals surface area contributed by atoms with Crippen LogP contribution in [-0.2, 0) is 0 Å². The molecule has 0 saturated carbocycles. The van der Waals surface area contributed by atoms with Crippen molar-refractivity contribution in [2.45, 2.75) is 12.5 Å². The van der Waals surface area contributed by atoms with Gasteiger partial charge in [-0.3, -0.25) is 4.90 Å². The number of benzene rings is 1. The second-order valence-corrected chi connectivity index (χ2v) is 5.37. The van der Waals surface area contributed by atoms with Crippen molar-refractivity contribution in [3.05, 3.63) is 34.1 Å². The van der Waals surface area contributed by atoms with Gasteiger partial charge in [-0.2, -0.15) is 0 Å². The van der Waals surface area contributed by atoms with Crippen molar-refractivity contribution < 1.29 is 9.50 Å². The Labute approximate surface area is 115 Å². The monoisotopic (exact) mass is 316 g/mol. The number of hydrogen-bond donors (Lipinski definition) is 2. The summed E-state index contributed by atoms with van der Waals surface area (Å²) in [6.45, 7) is 3.73. The van der Waals surface area contributed by atoms with Gasteiger partial charge in [0.05, 0.1) is 17.1 Å². The SMILES string of the molecule is OCC(c1ccc(Br)c(F)c1)N1CCCNCC1. The molecule has 0 radical (unpaired) electrons. The molecular formula is C13H18BrFN2O. The van der Waals surface area contributed by atoms with Gasteiger partial charge in [0.2, 0.25) is 0 Å². The fraction of sp³-hybridized carbons (Fsp3) is 0.538. The lowest BCUT2D eigenvalue weighted by Gasteiger charge is -2.29. The minimum Gasteiger partial charge on any atom is -0.394 e. The molecule has 1 saturated heterocycles. The van der Waals surface area contributed by atoms with Gasteiger partial charge in [0.25, 0.3) is 0 Å². The maximum absolute atomic E-state index is 13.6. The highest BCUT2D eigenvalue weighted by atomic mass is 79.9. The third-order valence-electron chi connectivity index (χ3n) is 3.32. The molecule has 0 aromatic heterocycles. The van der Waals surface area contributed by atoms with Gasteiger partial charge in [-0.25, -0.2) is 4.39 Å². The minimum absolute atomic E-state index is 0.0150. The van der Waals surface area contributed by atoms with E-state index in [9.17, 15) is 9.50 Å². The summed E-state index contributed by atoms with van der Waals surface area (Å²) in [5, 5.41) is 12.9. The predicted molar refractivity (Wildman–Crippen MR) is 73.0 cm³/mol. The Morgan fingerprint density at radius 3 is 2.94 bits per heavy atom. The number of halogens is 2. The molecule has 0 bridgehead atoms. The standard InChI is InChI=1S/C13H18BrFN2O/c14-11-3-2-10(8-12(11)15)13(9-18)17-6-1-4-16-5-7-17/h2-3,8,13,16,18H,1,4-7,9H2. The van der Waals surface area contributed by atoms with E-state index in [1.165, 1.54) is 6.07 Å². The van der Waals surface area contributed by atoms with Crippen LogP contribution in [0.15, 0.2) is 22.7 Å². The molecule has 1 aliphatic rings. The zero-order valence-electron chi connectivity index (χ0n) is 10.2. The van der Waals surface area contributed by atoms with E-state index in [0.717, 1.165) is 38.2 Å². The summed E-state index contributed by atoms with van der Waals surface area (Å²) in [7, 11) is 0. The largest absolute Gasteiger partial charge is 0.394 e. The van der Waals surface area contributed by atoms with Gasteiger partial charge in [-0.1, -0.05) is 6.07 Å². The highest BCUT2D eigenvalue weighted by Crippen LogP contribution is 2.25. The van der Waals surface area contributed by atoms with Crippen LogP contribution in [0.25, 0.3) is 0 Å². The molecule has 1 atom stereocenters. The fourth-order valence-corrected chi connectivity index (χ4v) is 2.58. The quantitative estimate of drug-likeness (QED) is 0.894. The average Bonchev–Trinajstić information content (AvgIpc) is 2.64. The second-order valence-electron chi connectivity index (χ2n) is 4.51. The zero-order chi connectivity index (χ0) is 13.0. The van der Waals surface area contributed by atoms with Crippen molar-refractivity contribution in [3.8, 4) is 0 Å². The molecule has 1 aromatic carbocycles. The zero-order valence-corrected chi connectivity index (χ0v) is 11.8. The highest BCUT2D eigenvalue weighted by molar-refractivity contribution is 9.10. The number of aliphatic hydroxyl groups excluding tert-OH is 1. The Balaban J connectivity index is 2.17. The van der Waals surface area contributed by atoms with E-state index < -0.39 is 0 Å². The summed E-state index contributed by atoms with van der Waals surface area (Å²) in [5.41, 5.74) is 0.833. The Hall–Kier alpha value is -0.490. The lowest BCUT2D eigenvalue weighted by atomic mass is 10.1. The van der Waals surface area contributed by atoms with E-state index in [-0.39, 0.29) is 18.5 Å². The summed E-state index contributed by atoms with van der Waals surface area (Å²) in [6.07, 6.45) is 1.05. The molecule has 100 valence electrons. The van der Waals surface area contributed by atoms with Crippen molar-refractivity contribution in [2.75, 3.05) is 32.8 Å². The lowest BCUT2D eigenvalue weighted by Crippen LogP contribution is -2.34. The molecule has 1 aliphatic heterocycles. The van der Waals surface area contributed by atoms with E-state index >= 15 is 0 Å². The summed E-state index contributed by atoms with van der Waals surface area (Å²) in [5.74, 6) is -0.279. The molecule has 1 aromatic rings. The smallest absolute Gasteiger partial charge is 0.137 e. The lowest BCUT2D eigenvalue weighted by molar-refractivity contribution is 0.129. The first-order chi connectivity index (χ1) is 8.72. The molecule has 3 nitrogen and oxygen atoms in total. The molecule has 2 rings (SSSR count). The normalized spacial score (nSPS) is 19.5. The van der Waals surface area contributed by atoms with Crippen LogP contribution in [0.5, 0.6) is 0 Å². The number of nitrogens with one attached hydrogen (secondary N) is 1. The first-order valence-corrected chi connectivity index (χ1v) is 7.02. The molecular weight excluding hydrogens is 299 g/mol. The van der Waals surface area contributed by atoms with E-state index in [1.54, 1.807) is 6.07 Å². The van der Waals surface area contributed by atoms with E-state index in [4.69, 9.17) is 0 Å². The summed E-state index contributed by atoms with van der Waals surface area (Å²) in [6, 6.07) is 4.95. The maximum atomic E-state index is 13.6. The van der Waals surface area contributed by atoms with Crippen LogP contribution < -0.4 is 5.32 Å². The van der Waals surface area contributed by atoms with Gasteiger partial charge in [0.15, 0.2) is 0 Å². The maximum Gasteiger partial charge on any atom is 0.137 e. The Bertz CT molecular complexity index is 395. The minimum atomic E-state index is -0.279. The fourth-order valence-electron chi connectivity index (χ4n) is 2.33. The molecule has 0 amide bonds. The summed E-state index contributed by atoms with van der Waals surface area (Å²) in [4.78, 5) is 2.21. The van der Waals surface area contributed by atoms with Crippen LogP contribution in [0.1, 0.15) is 18.0 Å². The molecule has 1 unspecified atom stereocenters. The molecule has 0 spiro atoms. The van der Waals surface area contributed by atoms with Crippen molar-refractivity contribution in [1.82, 2.24) is 10.2 Å². The van der Waals surface area contributed by atoms with E-state index in [1.807, 2.05) is 6.07 Å². The number of nitrogens with zero attached hydrogens (tertiary/aromatic N) is 1. The van der Waals surface area contributed by atoms with Crippen molar-refractivity contribution >= 4 is 15.9 Å². The number of aliphatic hydroxyl groups is 1. The number of rotatable bonds is 3. The van der Waals surface area contributed by atoms with Gasteiger partial charge < -0.3 is 10.4 Å². The third kappa shape index (κ3) is 3.29. The Morgan fingerprint density at radius 1 is 1.39 bits per heavy atom. The molecule has 0 aliphatic carbocycles. The van der Waals surface area contributed by atoms with E-state index in [0.29, 0.717) is 4.47 Å². The van der Waals surface area contributed by atoms with Crippen LogP contribution >= 0.6 is 15.9 Å². The average molecular weight is 317 g/mol. The predicted octanol–water partition coefficient (Wildman–Crippen LogP) is 1.92. The summed E-state index contributed by atoms with van der Waals surface area (Å²) < 4.78 is 14.0. The van der Waals surface area contributed by atoms with E-state index in [2.05, 4.69) is 26.1 Å². The molecule has 2 N–H and O–H groups in total. The van der Waals surface area contributed by atoms with Crippen LogP contribution in [0.2, 0.25) is 0 Å². The summed E-state index contributed by atoms with van der Waals surface area (Å²) >= 11 is 3.15. The van der Waals surface area contributed by atoms with Gasteiger partial charge in [-0.05, 0) is 46.6 Å². The Kier molecular flexibility index (Phi) is 5.12. The van der Waals surface area contributed by atoms with Crippen molar-refractivity contribution in [1.29, 1.82) is 0 Å². The van der Waals surface area contributed by atoms with Crippen molar-refractivity contribution in [3.63, 3.8) is 0 Å². The van der Waals surface area contributed by atoms with Crippen LogP contribution in [-0.4, -0.2) is 42.8 Å². The molecule has 1 heterocycles. The molecule has 18 heavy (non-hydrogen) atoms. The first kappa shape index (κ1) is 13.9. The van der Waals surface area contributed by atoms with Gasteiger partial charge >= 0.3 is 0 Å². The third-order valence-corrected chi connectivity index (χ3v) is 3.96. The van der Waals surface area contributed by atoms with Crippen LogP contribution in [0, 0.1) is 5.82 Å². The van der Waals surface area contributed by atoms with Gasteiger partial charge in [-0.15, -0.1) is 0 Å². The molecule has 1 fully saturated rings. The Morgan fingerprint density at radius 2 is 2.22 bits per heavy atom. The topological polar surface area (TPSA) is 35.5 Å². The van der Waals surface area contributed by atoms with Crippen LogP contribution in [0.3, 0.4) is 0 Å².